The molecule has 1 aromatic heterocycles. The second-order valence-electron chi connectivity index (χ2n) is 8.60. The van der Waals surface area contributed by atoms with E-state index in [1.165, 1.54) is 16.2 Å². The van der Waals surface area contributed by atoms with Gasteiger partial charge in [0.15, 0.2) is 0 Å². The Kier molecular flexibility index (Phi) is 5.54. The molecular formula is C24H29N3O3. The Morgan fingerprint density at radius 2 is 1.67 bits per heavy atom. The lowest BCUT2D eigenvalue weighted by Crippen LogP contribution is -2.43. The second kappa shape index (κ2) is 8.13. The van der Waals surface area contributed by atoms with Crippen molar-refractivity contribution >= 4 is 16.7 Å². The Labute approximate surface area is 177 Å². The second-order valence-corrected chi connectivity index (χ2v) is 8.60. The number of aromatic nitrogens is 1. The number of phenolic OH excluding ortho intramolecular Hbond substituents is 2. The van der Waals surface area contributed by atoms with E-state index in [2.05, 4.69) is 29.0 Å². The first kappa shape index (κ1) is 20.4. The van der Waals surface area contributed by atoms with Gasteiger partial charge in [0.25, 0.3) is 5.91 Å². The van der Waals surface area contributed by atoms with Crippen molar-refractivity contribution in [2.75, 3.05) is 33.2 Å². The molecule has 0 saturated carbocycles. The van der Waals surface area contributed by atoms with Crippen LogP contribution in [-0.2, 0) is 6.54 Å². The molecule has 0 bridgehead atoms. The molecule has 6 heteroatoms. The van der Waals surface area contributed by atoms with Crippen LogP contribution in [-0.4, -0.2) is 63.7 Å². The number of hydrogen-bond acceptors (Lipinski definition) is 5. The van der Waals surface area contributed by atoms with Gasteiger partial charge >= 0.3 is 0 Å². The number of fused-ring (bicyclic) bond motifs is 1. The molecule has 1 aliphatic heterocycles. The Balaban J connectivity index is 1.59. The molecule has 3 aromatic rings. The van der Waals surface area contributed by atoms with Crippen LogP contribution in [0.5, 0.6) is 11.5 Å². The lowest BCUT2D eigenvalue weighted by atomic mass is 9.98. The summed E-state index contributed by atoms with van der Waals surface area (Å²) in [4.78, 5) is 17.9. The van der Waals surface area contributed by atoms with Gasteiger partial charge in [-0.2, -0.15) is 0 Å². The molecule has 2 N–H and O–H groups in total. The van der Waals surface area contributed by atoms with E-state index >= 15 is 0 Å². The number of hydrogen-bond donors (Lipinski definition) is 2. The van der Waals surface area contributed by atoms with Crippen LogP contribution in [0.3, 0.4) is 0 Å². The topological polar surface area (TPSA) is 68.9 Å². The molecule has 0 aliphatic carbocycles. The minimum Gasteiger partial charge on any atom is -0.508 e. The summed E-state index contributed by atoms with van der Waals surface area (Å²) in [5.74, 6) is -0.482. The highest BCUT2D eigenvalue weighted by atomic mass is 16.3. The normalized spacial score (nSPS) is 15.9. The van der Waals surface area contributed by atoms with Crippen LogP contribution in [0.25, 0.3) is 10.8 Å². The van der Waals surface area contributed by atoms with E-state index in [1.807, 2.05) is 26.1 Å². The predicted molar refractivity (Wildman–Crippen MR) is 118 cm³/mol. The van der Waals surface area contributed by atoms with Crippen molar-refractivity contribution < 1.29 is 15.0 Å². The zero-order chi connectivity index (χ0) is 21.4. The zero-order valence-corrected chi connectivity index (χ0v) is 17.8. The molecular weight excluding hydrogens is 378 g/mol. The van der Waals surface area contributed by atoms with Crippen LogP contribution in [0.2, 0.25) is 0 Å². The Morgan fingerprint density at radius 1 is 0.967 bits per heavy atom. The lowest BCUT2D eigenvalue weighted by Gasteiger charge is -2.32. The van der Waals surface area contributed by atoms with E-state index < -0.39 is 0 Å². The molecule has 1 fully saturated rings. The highest BCUT2D eigenvalue weighted by Gasteiger charge is 2.19. The molecule has 6 nitrogen and oxygen atoms in total. The SMILES string of the molecule is CC(C)c1cc(C(=O)n2cc3ccc(CN4CCN(C)CC4)cc3c2)c(O)cc1O. The van der Waals surface area contributed by atoms with Crippen molar-refractivity contribution in [3.8, 4) is 11.5 Å². The van der Waals surface area contributed by atoms with Gasteiger partial charge in [0.2, 0.25) is 0 Å². The number of likely N-dealkylation sites (N-methyl/N-ethyl adjacent to an activating group) is 1. The monoisotopic (exact) mass is 407 g/mol. The van der Waals surface area contributed by atoms with E-state index in [1.54, 1.807) is 12.3 Å². The minimum atomic E-state index is -0.314. The average Bonchev–Trinajstić information content (AvgIpc) is 3.12. The number of nitrogens with zero attached hydrogens (tertiary/aromatic N) is 3. The van der Waals surface area contributed by atoms with E-state index in [9.17, 15) is 15.0 Å². The van der Waals surface area contributed by atoms with Gasteiger partial charge < -0.3 is 15.1 Å². The molecule has 1 aliphatic rings. The summed E-state index contributed by atoms with van der Waals surface area (Å²) in [6.07, 6.45) is 3.60. The van der Waals surface area contributed by atoms with E-state index in [0.29, 0.717) is 5.56 Å². The standard InChI is InChI=1S/C24H29N3O3/c1-16(2)20-11-21(23(29)12-22(20)28)24(30)27-14-18-5-4-17(10-19(18)15-27)13-26-8-6-25(3)7-9-26/h4-5,10-12,14-16,28-29H,6-9,13H2,1-3H3. The third kappa shape index (κ3) is 4.06. The number of carbonyl (C=O) groups excluding carboxylic acids is 1. The first-order valence-electron chi connectivity index (χ1n) is 10.4. The fourth-order valence-corrected chi connectivity index (χ4v) is 4.04. The summed E-state index contributed by atoms with van der Waals surface area (Å²) >= 11 is 0. The van der Waals surface area contributed by atoms with Crippen molar-refractivity contribution in [1.29, 1.82) is 0 Å². The third-order valence-corrected chi connectivity index (χ3v) is 5.94. The molecule has 1 saturated heterocycles. The van der Waals surface area contributed by atoms with Crippen LogP contribution < -0.4 is 0 Å². The molecule has 2 heterocycles. The minimum absolute atomic E-state index is 0.00488. The Hall–Kier alpha value is -2.83. The quantitative estimate of drug-likeness (QED) is 0.692. The number of carbonyl (C=O) groups is 1. The fourth-order valence-electron chi connectivity index (χ4n) is 4.04. The van der Waals surface area contributed by atoms with Gasteiger partial charge in [-0.25, -0.2) is 0 Å². The first-order chi connectivity index (χ1) is 14.3. The molecule has 30 heavy (non-hydrogen) atoms. The lowest BCUT2D eigenvalue weighted by molar-refractivity contribution is 0.0958. The maximum Gasteiger partial charge on any atom is 0.265 e. The van der Waals surface area contributed by atoms with Gasteiger partial charge in [0.05, 0.1) is 5.56 Å². The van der Waals surface area contributed by atoms with Gasteiger partial charge in [-0.05, 0) is 41.6 Å². The maximum absolute atomic E-state index is 13.1. The van der Waals surface area contributed by atoms with Crippen LogP contribution in [0.1, 0.15) is 41.3 Å². The van der Waals surface area contributed by atoms with Crippen LogP contribution >= 0.6 is 0 Å². The van der Waals surface area contributed by atoms with Crippen LogP contribution in [0, 0.1) is 0 Å². The van der Waals surface area contributed by atoms with Gasteiger partial charge in [-0.1, -0.05) is 26.0 Å². The number of rotatable bonds is 4. The predicted octanol–water partition coefficient (Wildman–Crippen LogP) is 3.61. The van der Waals surface area contributed by atoms with Crippen molar-refractivity contribution in [3.05, 3.63) is 59.4 Å². The molecule has 4 rings (SSSR count). The fraction of sp³-hybridized carbons (Fsp3) is 0.375. The summed E-state index contributed by atoms with van der Waals surface area (Å²) < 4.78 is 1.51. The average molecular weight is 408 g/mol. The number of piperazine rings is 1. The van der Waals surface area contributed by atoms with Crippen molar-refractivity contribution in [2.24, 2.45) is 0 Å². The highest BCUT2D eigenvalue weighted by molar-refractivity contribution is 6.01. The van der Waals surface area contributed by atoms with Gasteiger partial charge in [0.1, 0.15) is 11.5 Å². The molecule has 0 unspecified atom stereocenters. The van der Waals surface area contributed by atoms with Gasteiger partial charge in [0, 0.05) is 56.6 Å². The maximum atomic E-state index is 13.1. The first-order valence-corrected chi connectivity index (χ1v) is 10.4. The summed E-state index contributed by atoms with van der Waals surface area (Å²) in [6, 6.07) is 9.12. The number of benzene rings is 2. The molecule has 0 atom stereocenters. The van der Waals surface area contributed by atoms with Crippen LogP contribution in [0.4, 0.5) is 0 Å². The highest BCUT2D eigenvalue weighted by Crippen LogP contribution is 2.33. The third-order valence-electron chi connectivity index (χ3n) is 5.94. The van der Waals surface area contributed by atoms with Crippen molar-refractivity contribution in [3.63, 3.8) is 0 Å². The molecule has 0 spiro atoms. The van der Waals surface area contributed by atoms with E-state index in [-0.39, 0.29) is 28.9 Å². The summed E-state index contributed by atoms with van der Waals surface area (Å²) in [5.41, 5.74) is 2.06. The van der Waals surface area contributed by atoms with Crippen molar-refractivity contribution in [2.45, 2.75) is 26.3 Å². The summed E-state index contributed by atoms with van der Waals surface area (Å²) in [7, 11) is 2.15. The Bertz CT molecular complexity index is 1080. The molecule has 158 valence electrons. The number of phenols is 2. The zero-order valence-electron chi connectivity index (χ0n) is 17.8. The molecule has 0 radical (unpaired) electrons. The van der Waals surface area contributed by atoms with Crippen molar-refractivity contribution in [1.82, 2.24) is 14.4 Å². The van der Waals surface area contributed by atoms with Crippen LogP contribution in [0.15, 0.2) is 42.7 Å². The van der Waals surface area contributed by atoms with E-state index in [0.717, 1.165) is 43.5 Å². The molecule has 2 aromatic carbocycles. The molecule has 0 amide bonds. The van der Waals surface area contributed by atoms with E-state index in [4.69, 9.17) is 0 Å². The Morgan fingerprint density at radius 3 is 2.37 bits per heavy atom. The largest absolute Gasteiger partial charge is 0.508 e. The summed E-state index contributed by atoms with van der Waals surface area (Å²) in [5, 5.41) is 22.3. The smallest absolute Gasteiger partial charge is 0.265 e. The van der Waals surface area contributed by atoms with Gasteiger partial charge in [-0.15, -0.1) is 0 Å². The number of aromatic hydroxyl groups is 2. The van der Waals surface area contributed by atoms with Gasteiger partial charge in [-0.3, -0.25) is 14.3 Å². The summed E-state index contributed by atoms with van der Waals surface area (Å²) in [6.45, 7) is 9.07.